The van der Waals surface area contributed by atoms with Crippen LogP contribution in [0.3, 0.4) is 0 Å². The molecule has 1 heterocycles. The second-order valence-electron chi connectivity index (χ2n) is 5.54. The quantitative estimate of drug-likeness (QED) is 0.869. The number of ether oxygens (including phenoxy) is 1. The van der Waals surface area contributed by atoms with Crippen molar-refractivity contribution >= 4 is 23.5 Å². The van der Waals surface area contributed by atoms with Crippen molar-refractivity contribution in [2.24, 2.45) is 0 Å². The van der Waals surface area contributed by atoms with Crippen molar-refractivity contribution in [3.05, 3.63) is 29.8 Å². The fourth-order valence-electron chi connectivity index (χ4n) is 2.67. The van der Waals surface area contributed by atoms with Gasteiger partial charge in [0.2, 0.25) is 0 Å². The monoisotopic (exact) mass is 322 g/mol. The minimum Gasteiger partial charge on any atom is -0.377 e. The summed E-state index contributed by atoms with van der Waals surface area (Å²) in [7, 11) is 0. The van der Waals surface area contributed by atoms with Crippen molar-refractivity contribution in [2.75, 3.05) is 37.0 Å². The standard InChI is InChI=1S/C17H26N2O2S/c1-3-21-16-5-4-11-19(13-16)17(20)18-15-8-6-14(7-9-15)10-12-22-2/h6-9,16H,3-5,10-13H2,1-2H3,(H,18,20)/t16-/m1/s1. The largest absolute Gasteiger partial charge is 0.377 e. The Labute approximate surface area is 137 Å². The van der Waals surface area contributed by atoms with Gasteiger partial charge in [-0.3, -0.25) is 0 Å². The average molecular weight is 322 g/mol. The number of hydrogen-bond donors (Lipinski definition) is 1. The smallest absolute Gasteiger partial charge is 0.321 e. The number of thioether (sulfide) groups is 1. The molecule has 0 bridgehead atoms. The molecule has 0 unspecified atom stereocenters. The molecule has 1 aliphatic rings. The van der Waals surface area contributed by atoms with E-state index in [0.717, 1.165) is 37.2 Å². The zero-order valence-electron chi connectivity index (χ0n) is 13.5. The zero-order valence-corrected chi connectivity index (χ0v) is 14.3. The van der Waals surface area contributed by atoms with E-state index >= 15 is 0 Å². The molecule has 0 aromatic heterocycles. The number of rotatable bonds is 6. The highest BCUT2D eigenvalue weighted by Gasteiger charge is 2.23. The molecule has 1 aliphatic heterocycles. The number of nitrogens with one attached hydrogen (secondary N) is 1. The summed E-state index contributed by atoms with van der Waals surface area (Å²) >= 11 is 1.85. The number of carbonyl (C=O) groups excluding carboxylic acids is 1. The number of carbonyl (C=O) groups is 1. The zero-order chi connectivity index (χ0) is 15.8. The molecule has 4 nitrogen and oxygen atoms in total. The summed E-state index contributed by atoms with van der Waals surface area (Å²) in [5.41, 5.74) is 2.16. The molecule has 122 valence electrons. The fourth-order valence-corrected chi connectivity index (χ4v) is 3.11. The Kier molecular flexibility index (Phi) is 7.06. The van der Waals surface area contributed by atoms with Crippen LogP contribution in [-0.2, 0) is 11.2 Å². The van der Waals surface area contributed by atoms with Crippen molar-refractivity contribution in [1.29, 1.82) is 0 Å². The molecule has 22 heavy (non-hydrogen) atoms. The number of nitrogens with zero attached hydrogens (tertiary/aromatic N) is 1. The van der Waals surface area contributed by atoms with Gasteiger partial charge in [0.1, 0.15) is 0 Å². The second kappa shape index (κ2) is 9.06. The molecule has 1 aromatic carbocycles. The van der Waals surface area contributed by atoms with Gasteiger partial charge in [-0.1, -0.05) is 12.1 Å². The predicted octanol–water partition coefficient (Wildman–Crippen LogP) is 3.62. The normalized spacial score (nSPS) is 18.3. The van der Waals surface area contributed by atoms with Crippen LogP contribution in [-0.4, -0.2) is 48.7 Å². The highest BCUT2D eigenvalue weighted by atomic mass is 32.2. The number of piperidine rings is 1. The van der Waals surface area contributed by atoms with Crippen LogP contribution in [0.5, 0.6) is 0 Å². The van der Waals surface area contributed by atoms with Crippen LogP contribution in [0, 0.1) is 0 Å². The van der Waals surface area contributed by atoms with Crippen LogP contribution in [0.2, 0.25) is 0 Å². The minimum atomic E-state index is -0.0266. The highest BCUT2D eigenvalue weighted by molar-refractivity contribution is 7.98. The average Bonchev–Trinajstić information content (AvgIpc) is 2.55. The van der Waals surface area contributed by atoms with E-state index in [1.165, 1.54) is 5.56 Å². The summed E-state index contributed by atoms with van der Waals surface area (Å²) in [5.74, 6) is 1.12. The van der Waals surface area contributed by atoms with E-state index in [4.69, 9.17) is 4.74 Å². The molecule has 0 saturated carbocycles. The summed E-state index contributed by atoms with van der Waals surface area (Å²) < 4.78 is 5.64. The van der Waals surface area contributed by atoms with Crippen molar-refractivity contribution in [3.8, 4) is 0 Å². The third-order valence-corrected chi connectivity index (χ3v) is 4.48. The molecule has 1 saturated heterocycles. The third-order valence-electron chi connectivity index (χ3n) is 3.87. The van der Waals surface area contributed by atoms with Gasteiger partial charge in [-0.15, -0.1) is 0 Å². The Bertz CT molecular complexity index is 462. The Morgan fingerprint density at radius 3 is 2.86 bits per heavy atom. The van der Waals surface area contributed by atoms with Gasteiger partial charge in [-0.25, -0.2) is 4.79 Å². The Morgan fingerprint density at radius 2 is 2.18 bits per heavy atom. The van der Waals surface area contributed by atoms with Gasteiger partial charge in [0.15, 0.2) is 0 Å². The van der Waals surface area contributed by atoms with E-state index in [-0.39, 0.29) is 12.1 Å². The molecule has 0 spiro atoms. The van der Waals surface area contributed by atoms with Gasteiger partial charge in [0.05, 0.1) is 6.10 Å². The molecule has 1 N–H and O–H groups in total. The molecule has 1 aromatic rings. The number of hydrogen-bond acceptors (Lipinski definition) is 3. The van der Waals surface area contributed by atoms with Crippen LogP contribution in [0.4, 0.5) is 10.5 Å². The molecule has 1 fully saturated rings. The van der Waals surface area contributed by atoms with Crippen molar-refractivity contribution < 1.29 is 9.53 Å². The van der Waals surface area contributed by atoms with E-state index in [0.29, 0.717) is 13.2 Å². The summed E-state index contributed by atoms with van der Waals surface area (Å²) in [6.07, 6.45) is 5.41. The lowest BCUT2D eigenvalue weighted by atomic mass is 10.1. The lowest BCUT2D eigenvalue weighted by Gasteiger charge is -2.32. The van der Waals surface area contributed by atoms with E-state index in [2.05, 4.69) is 23.7 Å². The van der Waals surface area contributed by atoms with Crippen LogP contribution >= 0.6 is 11.8 Å². The summed E-state index contributed by atoms with van der Waals surface area (Å²) in [6.45, 7) is 4.20. The number of amides is 2. The molecule has 5 heteroatoms. The molecular weight excluding hydrogens is 296 g/mol. The second-order valence-corrected chi connectivity index (χ2v) is 6.52. The van der Waals surface area contributed by atoms with Gasteiger partial charge in [0.25, 0.3) is 0 Å². The van der Waals surface area contributed by atoms with Crippen LogP contribution < -0.4 is 5.32 Å². The SMILES string of the molecule is CCO[C@@H]1CCCN(C(=O)Nc2ccc(CCSC)cc2)C1. The van der Waals surface area contributed by atoms with Crippen molar-refractivity contribution in [3.63, 3.8) is 0 Å². The number of anilines is 1. The molecule has 0 aliphatic carbocycles. The van der Waals surface area contributed by atoms with Gasteiger partial charge in [-0.2, -0.15) is 11.8 Å². The maximum atomic E-state index is 12.3. The minimum absolute atomic E-state index is 0.0266. The Morgan fingerprint density at radius 1 is 1.41 bits per heavy atom. The third kappa shape index (κ3) is 5.21. The Balaban J connectivity index is 1.85. The predicted molar refractivity (Wildman–Crippen MR) is 93.8 cm³/mol. The van der Waals surface area contributed by atoms with Gasteiger partial charge in [-0.05, 0) is 55.9 Å². The van der Waals surface area contributed by atoms with Crippen LogP contribution in [0.15, 0.2) is 24.3 Å². The lowest BCUT2D eigenvalue weighted by Crippen LogP contribution is -2.45. The van der Waals surface area contributed by atoms with E-state index in [9.17, 15) is 4.79 Å². The molecular formula is C17H26N2O2S. The number of urea groups is 1. The van der Waals surface area contributed by atoms with Gasteiger partial charge < -0.3 is 15.0 Å². The number of aryl methyl sites for hydroxylation is 1. The summed E-state index contributed by atoms with van der Waals surface area (Å²) in [6, 6.07) is 8.12. The maximum absolute atomic E-state index is 12.3. The van der Waals surface area contributed by atoms with Gasteiger partial charge >= 0.3 is 6.03 Å². The molecule has 1 atom stereocenters. The summed E-state index contributed by atoms with van der Waals surface area (Å²) in [5, 5.41) is 2.98. The van der Waals surface area contributed by atoms with E-state index in [1.54, 1.807) is 0 Å². The van der Waals surface area contributed by atoms with Crippen molar-refractivity contribution in [2.45, 2.75) is 32.3 Å². The lowest BCUT2D eigenvalue weighted by molar-refractivity contribution is 0.0181. The number of benzene rings is 1. The highest BCUT2D eigenvalue weighted by Crippen LogP contribution is 2.16. The first-order valence-electron chi connectivity index (χ1n) is 7.98. The first-order chi connectivity index (χ1) is 10.7. The molecule has 0 radical (unpaired) electrons. The van der Waals surface area contributed by atoms with E-state index in [1.807, 2.05) is 35.7 Å². The van der Waals surface area contributed by atoms with Crippen LogP contribution in [0.1, 0.15) is 25.3 Å². The van der Waals surface area contributed by atoms with Crippen LogP contribution in [0.25, 0.3) is 0 Å². The maximum Gasteiger partial charge on any atom is 0.321 e. The Hall–Kier alpha value is -1.20. The molecule has 2 rings (SSSR count). The summed E-state index contributed by atoms with van der Waals surface area (Å²) in [4.78, 5) is 14.2. The van der Waals surface area contributed by atoms with Crippen molar-refractivity contribution in [1.82, 2.24) is 4.90 Å². The fraction of sp³-hybridized carbons (Fsp3) is 0.588. The first kappa shape index (κ1) is 17.2. The number of likely N-dealkylation sites (tertiary alicyclic amines) is 1. The molecule has 2 amide bonds. The van der Waals surface area contributed by atoms with Gasteiger partial charge in [0, 0.05) is 25.4 Å². The first-order valence-corrected chi connectivity index (χ1v) is 9.37. The topological polar surface area (TPSA) is 41.6 Å². The van der Waals surface area contributed by atoms with E-state index < -0.39 is 0 Å².